The van der Waals surface area contributed by atoms with Crippen LogP contribution in [0.2, 0.25) is 0 Å². The number of hydrogen-bond acceptors (Lipinski definition) is 6. The first-order valence-corrected chi connectivity index (χ1v) is 10.5. The van der Waals surface area contributed by atoms with Gasteiger partial charge in [-0.2, -0.15) is 5.10 Å². The van der Waals surface area contributed by atoms with E-state index < -0.39 is 6.10 Å². The van der Waals surface area contributed by atoms with Crippen molar-refractivity contribution in [3.05, 3.63) is 88.7 Å². The molecule has 0 aliphatic rings. The SMILES string of the molecule is COc1cc(C(C)=O)ccc1OC[C@H](O)Cn1nc(-c2ccccc2)c2ccccc2c1=O. The fourth-order valence-electron chi connectivity index (χ4n) is 3.61. The maximum absolute atomic E-state index is 13.0. The number of Topliss-reactive ketones (excluding diaryl/α,β-unsaturated/α-hetero) is 1. The Morgan fingerprint density at radius 1 is 1.00 bits per heavy atom. The van der Waals surface area contributed by atoms with E-state index in [-0.39, 0.29) is 24.5 Å². The normalized spacial score (nSPS) is 11.8. The van der Waals surface area contributed by atoms with Gasteiger partial charge in [0.05, 0.1) is 24.7 Å². The number of rotatable bonds is 8. The molecule has 4 aromatic rings. The Hall–Kier alpha value is -3.97. The van der Waals surface area contributed by atoms with Crippen molar-refractivity contribution in [2.24, 2.45) is 0 Å². The Morgan fingerprint density at radius 3 is 2.39 bits per heavy atom. The molecule has 1 N–H and O–H groups in total. The Balaban J connectivity index is 1.59. The van der Waals surface area contributed by atoms with Gasteiger partial charge in [-0.15, -0.1) is 0 Å². The summed E-state index contributed by atoms with van der Waals surface area (Å²) in [6.45, 7) is 1.34. The zero-order chi connectivity index (χ0) is 23.4. The summed E-state index contributed by atoms with van der Waals surface area (Å²) in [5.74, 6) is 0.698. The van der Waals surface area contributed by atoms with Crippen LogP contribution in [-0.4, -0.2) is 40.5 Å². The van der Waals surface area contributed by atoms with Crippen LogP contribution in [0.25, 0.3) is 22.0 Å². The second-order valence-electron chi connectivity index (χ2n) is 7.63. The third-order valence-corrected chi connectivity index (χ3v) is 5.30. The summed E-state index contributed by atoms with van der Waals surface area (Å²) in [6.07, 6.45) is -1.00. The van der Waals surface area contributed by atoms with Crippen LogP contribution in [0.15, 0.2) is 77.6 Å². The van der Waals surface area contributed by atoms with Crippen molar-refractivity contribution in [3.63, 3.8) is 0 Å². The first kappa shape index (κ1) is 22.2. The number of aliphatic hydroxyl groups is 1. The van der Waals surface area contributed by atoms with Gasteiger partial charge in [-0.25, -0.2) is 4.68 Å². The van der Waals surface area contributed by atoms with E-state index in [0.717, 1.165) is 10.9 Å². The molecule has 0 aliphatic heterocycles. The third-order valence-electron chi connectivity index (χ3n) is 5.30. The molecule has 0 radical (unpaired) electrons. The number of fused-ring (bicyclic) bond motifs is 1. The van der Waals surface area contributed by atoms with Gasteiger partial charge in [0.15, 0.2) is 17.3 Å². The smallest absolute Gasteiger partial charge is 0.274 e. The Bertz CT molecular complexity index is 1350. The largest absolute Gasteiger partial charge is 0.493 e. The first-order valence-electron chi connectivity index (χ1n) is 10.5. The van der Waals surface area contributed by atoms with Gasteiger partial charge in [0.25, 0.3) is 5.56 Å². The highest BCUT2D eigenvalue weighted by atomic mass is 16.5. The first-order chi connectivity index (χ1) is 16.0. The molecule has 1 heterocycles. The number of ketones is 1. The lowest BCUT2D eigenvalue weighted by molar-refractivity contribution is 0.0867. The number of nitrogens with zero attached hydrogens (tertiary/aromatic N) is 2. The highest BCUT2D eigenvalue weighted by Gasteiger charge is 2.16. The number of carbonyl (C=O) groups excluding carboxylic acids is 1. The summed E-state index contributed by atoms with van der Waals surface area (Å²) in [6, 6.07) is 21.7. The van der Waals surface area contributed by atoms with Crippen molar-refractivity contribution in [1.29, 1.82) is 0 Å². The van der Waals surface area contributed by atoms with Crippen LogP contribution in [0.4, 0.5) is 0 Å². The summed E-state index contributed by atoms with van der Waals surface area (Å²) in [5.41, 5.74) is 1.76. The molecule has 0 aliphatic carbocycles. The van der Waals surface area contributed by atoms with Gasteiger partial charge in [0.2, 0.25) is 0 Å². The second-order valence-corrected chi connectivity index (χ2v) is 7.63. The van der Waals surface area contributed by atoms with Gasteiger partial charge in [0.1, 0.15) is 12.7 Å². The highest BCUT2D eigenvalue weighted by molar-refractivity contribution is 5.95. The van der Waals surface area contributed by atoms with Crippen LogP contribution in [0, 0.1) is 0 Å². The summed E-state index contributed by atoms with van der Waals surface area (Å²) < 4.78 is 12.3. The lowest BCUT2D eigenvalue weighted by atomic mass is 10.1. The van der Waals surface area contributed by atoms with Gasteiger partial charge in [-0.1, -0.05) is 48.5 Å². The molecular formula is C26H24N2O5. The van der Waals surface area contributed by atoms with Crippen molar-refractivity contribution >= 4 is 16.6 Å². The van der Waals surface area contributed by atoms with E-state index in [1.807, 2.05) is 42.5 Å². The van der Waals surface area contributed by atoms with E-state index in [9.17, 15) is 14.7 Å². The molecule has 0 amide bonds. The molecule has 0 saturated heterocycles. The second kappa shape index (κ2) is 9.67. The average Bonchev–Trinajstić information content (AvgIpc) is 2.84. The lowest BCUT2D eigenvalue weighted by Crippen LogP contribution is -2.32. The molecule has 0 bridgehead atoms. The molecule has 168 valence electrons. The molecule has 3 aromatic carbocycles. The number of methoxy groups -OCH3 is 1. The van der Waals surface area contributed by atoms with Crippen molar-refractivity contribution in [1.82, 2.24) is 9.78 Å². The van der Waals surface area contributed by atoms with Crippen LogP contribution in [-0.2, 0) is 6.54 Å². The van der Waals surface area contributed by atoms with E-state index in [1.54, 1.807) is 30.3 Å². The number of hydrogen-bond donors (Lipinski definition) is 1. The number of carbonyl (C=O) groups is 1. The van der Waals surface area contributed by atoms with E-state index in [2.05, 4.69) is 5.10 Å². The molecule has 0 saturated carbocycles. The fraction of sp³-hybridized carbons (Fsp3) is 0.192. The number of aliphatic hydroxyl groups excluding tert-OH is 1. The van der Waals surface area contributed by atoms with Gasteiger partial charge in [-0.05, 0) is 31.2 Å². The zero-order valence-corrected chi connectivity index (χ0v) is 18.4. The standard InChI is InChI=1S/C26H24N2O5/c1-17(29)19-12-13-23(24(14-19)32-2)33-16-20(30)15-28-26(31)22-11-7-6-10-21(22)25(27-28)18-8-4-3-5-9-18/h3-14,20,30H,15-16H2,1-2H3/t20-/m1/s1. The van der Waals surface area contributed by atoms with Crippen molar-refractivity contribution in [3.8, 4) is 22.8 Å². The lowest BCUT2D eigenvalue weighted by Gasteiger charge is -2.17. The molecule has 0 unspecified atom stereocenters. The van der Waals surface area contributed by atoms with E-state index >= 15 is 0 Å². The molecule has 4 rings (SSSR count). The molecule has 1 atom stereocenters. The highest BCUT2D eigenvalue weighted by Crippen LogP contribution is 2.28. The fourth-order valence-corrected chi connectivity index (χ4v) is 3.61. The van der Waals surface area contributed by atoms with Gasteiger partial charge < -0.3 is 14.6 Å². The Labute approximate surface area is 190 Å². The average molecular weight is 444 g/mol. The zero-order valence-electron chi connectivity index (χ0n) is 18.4. The summed E-state index contributed by atoms with van der Waals surface area (Å²) in [5, 5.41) is 16.4. The van der Waals surface area contributed by atoms with Gasteiger partial charge in [0, 0.05) is 16.5 Å². The van der Waals surface area contributed by atoms with Gasteiger partial charge >= 0.3 is 0 Å². The molecule has 0 fully saturated rings. The third kappa shape index (κ3) is 4.78. The van der Waals surface area contributed by atoms with Crippen LogP contribution < -0.4 is 15.0 Å². The van der Waals surface area contributed by atoms with Crippen molar-refractivity contribution in [2.45, 2.75) is 19.6 Å². The molecule has 7 nitrogen and oxygen atoms in total. The molecule has 0 spiro atoms. The monoisotopic (exact) mass is 444 g/mol. The number of benzene rings is 3. The van der Waals surface area contributed by atoms with Gasteiger partial charge in [-0.3, -0.25) is 9.59 Å². The van der Waals surface area contributed by atoms with Crippen molar-refractivity contribution in [2.75, 3.05) is 13.7 Å². The van der Waals surface area contributed by atoms with Crippen LogP contribution in [0.3, 0.4) is 0 Å². The predicted octanol–water partition coefficient (Wildman–Crippen LogP) is 3.71. The minimum absolute atomic E-state index is 0.0443. The van der Waals surface area contributed by atoms with Crippen LogP contribution in [0.1, 0.15) is 17.3 Å². The van der Waals surface area contributed by atoms with Crippen LogP contribution in [0.5, 0.6) is 11.5 Å². The summed E-state index contributed by atoms with van der Waals surface area (Å²) in [4.78, 5) is 24.6. The maximum Gasteiger partial charge on any atom is 0.274 e. The summed E-state index contributed by atoms with van der Waals surface area (Å²) >= 11 is 0. The topological polar surface area (TPSA) is 90.7 Å². The van der Waals surface area contributed by atoms with Crippen molar-refractivity contribution < 1.29 is 19.4 Å². The number of ether oxygens (including phenoxy) is 2. The van der Waals surface area contributed by atoms with E-state index in [4.69, 9.17) is 9.47 Å². The van der Waals surface area contributed by atoms with E-state index in [1.165, 1.54) is 18.7 Å². The molecule has 7 heteroatoms. The quantitative estimate of drug-likeness (QED) is 0.417. The Kier molecular flexibility index (Phi) is 6.51. The molecule has 33 heavy (non-hydrogen) atoms. The minimum Gasteiger partial charge on any atom is -0.493 e. The Morgan fingerprint density at radius 2 is 1.70 bits per heavy atom. The van der Waals surface area contributed by atoms with E-state index in [0.29, 0.717) is 28.1 Å². The summed E-state index contributed by atoms with van der Waals surface area (Å²) in [7, 11) is 1.48. The van der Waals surface area contributed by atoms with Crippen LogP contribution >= 0.6 is 0 Å². The molecule has 1 aromatic heterocycles. The molecular weight excluding hydrogens is 420 g/mol. The predicted molar refractivity (Wildman–Crippen MR) is 126 cm³/mol. The minimum atomic E-state index is -1.00. The number of aromatic nitrogens is 2. The maximum atomic E-state index is 13.0.